The Balaban J connectivity index is 1.98. The SMILES string of the molecule is COC(=O)c1cc(N)cc(Cl)c1Nc1nc2c(s1)CCC2. The van der Waals surface area contributed by atoms with Crippen LogP contribution in [0.3, 0.4) is 0 Å². The van der Waals surface area contributed by atoms with Gasteiger partial charge in [0.2, 0.25) is 0 Å². The van der Waals surface area contributed by atoms with Gasteiger partial charge >= 0.3 is 5.97 Å². The summed E-state index contributed by atoms with van der Waals surface area (Å²) in [5, 5.41) is 4.23. The predicted molar refractivity (Wildman–Crippen MR) is 84.6 cm³/mol. The Labute approximate surface area is 131 Å². The van der Waals surface area contributed by atoms with Gasteiger partial charge in [0.15, 0.2) is 5.13 Å². The summed E-state index contributed by atoms with van der Waals surface area (Å²) in [5.74, 6) is -0.490. The number of rotatable bonds is 3. The number of ether oxygens (including phenoxy) is 1. The second-order valence-corrected chi connectivity index (χ2v) is 6.28. The average molecular weight is 324 g/mol. The van der Waals surface area contributed by atoms with Crippen LogP contribution in [-0.4, -0.2) is 18.1 Å². The molecular weight excluding hydrogens is 310 g/mol. The molecule has 0 radical (unpaired) electrons. The molecule has 3 N–H and O–H groups in total. The number of benzene rings is 1. The lowest BCUT2D eigenvalue weighted by atomic mass is 10.1. The number of nitrogen functional groups attached to an aromatic ring is 1. The summed E-state index contributed by atoms with van der Waals surface area (Å²) in [4.78, 5) is 17.7. The summed E-state index contributed by atoms with van der Waals surface area (Å²) in [6, 6.07) is 3.14. The number of nitrogens with one attached hydrogen (secondary N) is 1. The van der Waals surface area contributed by atoms with Crippen LogP contribution in [0.4, 0.5) is 16.5 Å². The first kappa shape index (κ1) is 14.2. The van der Waals surface area contributed by atoms with E-state index in [1.807, 2.05) is 0 Å². The van der Waals surface area contributed by atoms with Gasteiger partial charge in [-0.05, 0) is 31.4 Å². The Morgan fingerprint density at radius 2 is 2.29 bits per heavy atom. The fraction of sp³-hybridized carbons (Fsp3) is 0.286. The van der Waals surface area contributed by atoms with Crippen molar-refractivity contribution in [3.05, 3.63) is 33.3 Å². The maximum Gasteiger partial charge on any atom is 0.340 e. The fourth-order valence-electron chi connectivity index (χ4n) is 2.38. The van der Waals surface area contributed by atoms with Crippen LogP contribution in [0.25, 0.3) is 0 Å². The molecule has 0 bridgehead atoms. The number of halogens is 1. The Morgan fingerprint density at radius 1 is 1.48 bits per heavy atom. The predicted octanol–water partition coefficient (Wildman–Crippen LogP) is 3.40. The first-order chi connectivity index (χ1) is 10.1. The van der Waals surface area contributed by atoms with Gasteiger partial charge in [-0.2, -0.15) is 0 Å². The smallest absolute Gasteiger partial charge is 0.340 e. The van der Waals surface area contributed by atoms with Crippen molar-refractivity contribution in [3.8, 4) is 0 Å². The first-order valence-electron chi connectivity index (χ1n) is 6.51. The highest BCUT2D eigenvalue weighted by Crippen LogP contribution is 2.36. The Kier molecular flexibility index (Phi) is 3.73. The molecule has 7 heteroatoms. The number of carbonyl (C=O) groups excluding carboxylic acids is 1. The van der Waals surface area contributed by atoms with Gasteiger partial charge in [-0.1, -0.05) is 11.6 Å². The zero-order valence-corrected chi connectivity index (χ0v) is 13.0. The summed E-state index contributed by atoms with van der Waals surface area (Å²) in [6.07, 6.45) is 3.23. The fourth-order valence-corrected chi connectivity index (χ4v) is 3.71. The standard InChI is InChI=1S/C14H14ClN3O2S/c1-20-13(19)8-5-7(16)6-9(15)12(8)18-14-17-10-3-2-4-11(10)21-14/h5-6H,2-4,16H2,1H3,(H,17,18). The molecule has 0 atom stereocenters. The topological polar surface area (TPSA) is 77.2 Å². The average Bonchev–Trinajstić information content (AvgIpc) is 3.01. The molecule has 0 spiro atoms. The molecule has 0 saturated heterocycles. The van der Waals surface area contributed by atoms with Crippen molar-refractivity contribution in [2.45, 2.75) is 19.3 Å². The number of nitrogens with two attached hydrogens (primary N) is 1. The molecule has 21 heavy (non-hydrogen) atoms. The lowest BCUT2D eigenvalue weighted by Gasteiger charge is -2.11. The van der Waals surface area contributed by atoms with Gasteiger partial charge in [0, 0.05) is 10.6 Å². The Bertz CT molecular complexity index is 693. The van der Waals surface area contributed by atoms with E-state index in [-0.39, 0.29) is 0 Å². The molecule has 1 aromatic carbocycles. The number of nitrogens with zero attached hydrogens (tertiary/aromatic N) is 1. The van der Waals surface area contributed by atoms with Gasteiger partial charge in [-0.15, -0.1) is 11.3 Å². The molecule has 1 aromatic heterocycles. The highest BCUT2D eigenvalue weighted by Gasteiger charge is 2.20. The second-order valence-electron chi connectivity index (χ2n) is 4.78. The van der Waals surface area contributed by atoms with Crippen molar-refractivity contribution >= 4 is 45.4 Å². The van der Waals surface area contributed by atoms with Crippen molar-refractivity contribution in [1.82, 2.24) is 4.98 Å². The number of methoxy groups -OCH3 is 1. The van der Waals surface area contributed by atoms with Crippen molar-refractivity contribution in [1.29, 1.82) is 0 Å². The van der Waals surface area contributed by atoms with Crippen molar-refractivity contribution in [2.75, 3.05) is 18.2 Å². The Morgan fingerprint density at radius 3 is 3.00 bits per heavy atom. The summed E-state index contributed by atoms with van der Waals surface area (Å²) in [7, 11) is 1.32. The molecule has 1 aliphatic carbocycles. The monoisotopic (exact) mass is 323 g/mol. The number of fused-ring (bicyclic) bond motifs is 1. The Hall–Kier alpha value is -1.79. The van der Waals surface area contributed by atoms with Gasteiger partial charge in [-0.3, -0.25) is 0 Å². The molecule has 3 rings (SSSR count). The van der Waals surface area contributed by atoms with Crippen LogP contribution in [0.15, 0.2) is 12.1 Å². The summed E-state index contributed by atoms with van der Waals surface area (Å²) in [6.45, 7) is 0. The van der Waals surface area contributed by atoms with Crippen molar-refractivity contribution in [2.24, 2.45) is 0 Å². The van der Waals surface area contributed by atoms with E-state index >= 15 is 0 Å². The number of hydrogen-bond donors (Lipinski definition) is 2. The van der Waals surface area contributed by atoms with Crippen LogP contribution in [0, 0.1) is 0 Å². The van der Waals surface area contributed by atoms with Gasteiger partial charge < -0.3 is 15.8 Å². The van der Waals surface area contributed by atoms with Crippen LogP contribution in [0.2, 0.25) is 5.02 Å². The molecule has 5 nitrogen and oxygen atoms in total. The van der Waals surface area contributed by atoms with Crippen LogP contribution in [0.1, 0.15) is 27.3 Å². The molecule has 0 aliphatic heterocycles. The van der Waals surface area contributed by atoms with Gasteiger partial charge in [-0.25, -0.2) is 9.78 Å². The lowest BCUT2D eigenvalue weighted by molar-refractivity contribution is 0.0602. The maximum absolute atomic E-state index is 11.9. The molecule has 110 valence electrons. The first-order valence-corrected chi connectivity index (χ1v) is 7.71. The maximum atomic E-state index is 11.9. The minimum absolute atomic E-state index is 0.304. The zero-order valence-electron chi connectivity index (χ0n) is 11.4. The summed E-state index contributed by atoms with van der Waals surface area (Å²) in [5.41, 5.74) is 8.06. The molecule has 2 aromatic rings. The zero-order chi connectivity index (χ0) is 15.0. The largest absolute Gasteiger partial charge is 0.465 e. The normalized spacial score (nSPS) is 13.0. The van der Waals surface area contributed by atoms with Crippen LogP contribution < -0.4 is 11.1 Å². The number of anilines is 3. The van der Waals surface area contributed by atoms with Gasteiger partial charge in [0.1, 0.15) is 0 Å². The molecule has 0 amide bonds. The molecule has 1 heterocycles. The van der Waals surface area contributed by atoms with E-state index in [4.69, 9.17) is 22.1 Å². The van der Waals surface area contributed by atoms with E-state index in [1.165, 1.54) is 12.0 Å². The van der Waals surface area contributed by atoms with Crippen LogP contribution in [0.5, 0.6) is 0 Å². The third kappa shape index (κ3) is 2.69. The minimum Gasteiger partial charge on any atom is -0.465 e. The third-order valence-corrected chi connectivity index (χ3v) is 4.72. The summed E-state index contributed by atoms with van der Waals surface area (Å²) < 4.78 is 4.78. The van der Waals surface area contributed by atoms with Crippen LogP contribution in [-0.2, 0) is 17.6 Å². The number of thiazole rings is 1. The van der Waals surface area contributed by atoms with Crippen molar-refractivity contribution < 1.29 is 9.53 Å². The highest BCUT2D eigenvalue weighted by molar-refractivity contribution is 7.15. The van der Waals surface area contributed by atoms with E-state index in [0.29, 0.717) is 22.0 Å². The van der Waals surface area contributed by atoms with E-state index in [2.05, 4.69) is 10.3 Å². The number of carbonyl (C=O) groups is 1. The molecule has 1 aliphatic rings. The lowest BCUT2D eigenvalue weighted by Crippen LogP contribution is -2.07. The van der Waals surface area contributed by atoms with Crippen molar-refractivity contribution in [3.63, 3.8) is 0 Å². The highest BCUT2D eigenvalue weighted by atomic mass is 35.5. The van der Waals surface area contributed by atoms with E-state index in [1.54, 1.807) is 23.5 Å². The number of aromatic nitrogens is 1. The summed E-state index contributed by atoms with van der Waals surface area (Å²) >= 11 is 7.80. The molecular formula is C14H14ClN3O2S. The number of aryl methyl sites for hydroxylation is 2. The molecule has 0 unspecified atom stereocenters. The third-order valence-electron chi connectivity index (χ3n) is 3.35. The minimum atomic E-state index is -0.490. The number of hydrogen-bond acceptors (Lipinski definition) is 6. The molecule has 0 fully saturated rings. The quantitative estimate of drug-likeness (QED) is 0.668. The van der Waals surface area contributed by atoms with Gasteiger partial charge in [0.25, 0.3) is 0 Å². The number of esters is 1. The van der Waals surface area contributed by atoms with E-state index < -0.39 is 5.97 Å². The second kappa shape index (κ2) is 5.54. The van der Waals surface area contributed by atoms with Gasteiger partial charge in [0.05, 0.1) is 29.1 Å². The van der Waals surface area contributed by atoms with Crippen LogP contribution >= 0.6 is 22.9 Å². The van der Waals surface area contributed by atoms with E-state index in [9.17, 15) is 4.79 Å². The molecule has 0 saturated carbocycles. The van der Waals surface area contributed by atoms with E-state index in [0.717, 1.165) is 30.1 Å².